The molecular formula is C13H22N2O. The van der Waals surface area contributed by atoms with Gasteiger partial charge in [-0.25, -0.2) is 4.98 Å². The fourth-order valence-corrected chi connectivity index (χ4v) is 1.94. The van der Waals surface area contributed by atoms with Gasteiger partial charge in [-0.05, 0) is 5.92 Å². The van der Waals surface area contributed by atoms with E-state index in [1.165, 1.54) is 12.8 Å². The normalized spacial score (nSPS) is 12.7. The summed E-state index contributed by atoms with van der Waals surface area (Å²) >= 11 is 0. The first-order valence-electron chi connectivity index (χ1n) is 6.18. The van der Waals surface area contributed by atoms with E-state index in [1.807, 2.05) is 7.05 Å². The lowest BCUT2D eigenvalue weighted by Gasteiger charge is -2.13. The fourth-order valence-electron chi connectivity index (χ4n) is 1.94. The van der Waals surface area contributed by atoms with Crippen LogP contribution in [0.15, 0.2) is 12.5 Å². The lowest BCUT2D eigenvalue weighted by atomic mass is 9.93. The van der Waals surface area contributed by atoms with E-state index in [4.69, 9.17) is 0 Å². The molecule has 1 heterocycles. The molecule has 0 aliphatic heterocycles. The molecule has 0 saturated heterocycles. The topological polar surface area (TPSA) is 34.9 Å². The number of hydrogen-bond acceptors (Lipinski definition) is 2. The van der Waals surface area contributed by atoms with Gasteiger partial charge in [-0.15, -0.1) is 0 Å². The number of rotatable bonds is 7. The zero-order valence-electron chi connectivity index (χ0n) is 10.6. The molecule has 1 atom stereocenters. The second-order valence-corrected chi connectivity index (χ2v) is 4.43. The molecule has 1 rings (SSSR count). The number of Topliss-reactive ketones (excluding diaryl/α,β-unsaturated/α-hetero) is 1. The van der Waals surface area contributed by atoms with Gasteiger partial charge in [0.2, 0.25) is 0 Å². The van der Waals surface area contributed by atoms with Gasteiger partial charge in [0.05, 0.1) is 12.5 Å². The van der Waals surface area contributed by atoms with Crippen LogP contribution in [0.3, 0.4) is 0 Å². The minimum atomic E-state index is 0.225. The molecule has 1 unspecified atom stereocenters. The van der Waals surface area contributed by atoms with Gasteiger partial charge in [-0.1, -0.05) is 39.5 Å². The molecule has 16 heavy (non-hydrogen) atoms. The number of aromatic nitrogens is 2. The van der Waals surface area contributed by atoms with E-state index in [0.29, 0.717) is 12.3 Å². The molecule has 0 aliphatic rings. The average molecular weight is 222 g/mol. The number of carbonyl (C=O) groups is 1. The highest BCUT2D eigenvalue weighted by Crippen LogP contribution is 2.19. The second kappa shape index (κ2) is 6.46. The van der Waals surface area contributed by atoms with Crippen LogP contribution in [0.1, 0.15) is 56.4 Å². The fraction of sp³-hybridized carbons (Fsp3) is 0.692. The Morgan fingerprint density at radius 1 is 1.50 bits per heavy atom. The second-order valence-electron chi connectivity index (χ2n) is 4.43. The molecule has 0 fully saturated rings. The third kappa shape index (κ3) is 3.47. The van der Waals surface area contributed by atoms with Crippen molar-refractivity contribution in [3.05, 3.63) is 18.2 Å². The Labute approximate surface area is 97.9 Å². The molecule has 0 bridgehead atoms. The Morgan fingerprint density at radius 2 is 2.25 bits per heavy atom. The minimum absolute atomic E-state index is 0.225. The van der Waals surface area contributed by atoms with Crippen LogP contribution in [0, 0.1) is 5.92 Å². The third-order valence-electron chi connectivity index (χ3n) is 3.12. The molecule has 0 aliphatic carbocycles. The number of nitrogens with zero attached hydrogens (tertiary/aromatic N) is 2. The molecule has 0 radical (unpaired) electrons. The molecule has 3 nitrogen and oxygen atoms in total. The SMILES string of the molecule is CCCCC(CC)CC(=O)c1cncn1C. The number of hydrogen-bond donors (Lipinski definition) is 0. The van der Waals surface area contributed by atoms with E-state index < -0.39 is 0 Å². The van der Waals surface area contributed by atoms with Crippen molar-refractivity contribution in [2.75, 3.05) is 0 Å². The molecule has 0 spiro atoms. The van der Waals surface area contributed by atoms with Crippen molar-refractivity contribution in [2.45, 2.75) is 46.0 Å². The molecule has 0 saturated carbocycles. The summed E-state index contributed by atoms with van der Waals surface area (Å²) in [6.07, 6.45) is 8.68. The van der Waals surface area contributed by atoms with Crippen molar-refractivity contribution in [3.63, 3.8) is 0 Å². The minimum Gasteiger partial charge on any atom is -0.331 e. The monoisotopic (exact) mass is 222 g/mol. The smallest absolute Gasteiger partial charge is 0.181 e. The number of imidazole rings is 1. The van der Waals surface area contributed by atoms with Crippen molar-refractivity contribution >= 4 is 5.78 Å². The van der Waals surface area contributed by atoms with Gasteiger partial charge in [0.25, 0.3) is 0 Å². The molecule has 0 N–H and O–H groups in total. The zero-order valence-corrected chi connectivity index (χ0v) is 10.6. The summed E-state index contributed by atoms with van der Waals surface area (Å²) in [4.78, 5) is 16.0. The van der Waals surface area contributed by atoms with Crippen LogP contribution in [0.5, 0.6) is 0 Å². The van der Waals surface area contributed by atoms with Crippen LogP contribution in [0.4, 0.5) is 0 Å². The average Bonchev–Trinajstić information content (AvgIpc) is 2.70. The Balaban J connectivity index is 2.52. The van der Waals surface area contributed by atoms with E-state index in [2.05, 4.69) is 18.8 Å². The summed E-state index contributed by atoms with van der Waals surface area (Å²) < 4.78 is 1.80. The predicted octanol–water partition coefficient (Wildman–Crippen LogP) is 3.21. The van der Waals surface area contributed by atoms with Gasteiger partial charge < -0.3 is 4.57 Å². The van der Waals surface area contributed by atoms with Crippen LogP contribution in [-0.2, 0) is 7.05 Å². The molecule has 1 aromatic rings. The molecular weight excluding hydrogens is 200 g/mol. The van der Waals surface area contributed by atoms with Gasteiger partial charge >= 0.3 is 0 Å². The van der Waals surface area contributed by atoms with Crippen LogP contribution in [0.2, 0.25) is 0 Å². The highest BCUT2D eigenvalue weighted by molar-refractivity contribution is 5.94. The van der Waals surface area contributed by atoms with Crippen molar-refractivity contribution in [1.29, 1.82) is 0 Å². The quantitative estimate of drug-likeness (QED) is 0.664. The Kier molecular flexibility index (Phi) is 5.23. The lowest BCUT2D eigenvalue weighted by Crippen LogP contribution is -2.11. The summed E-state index contributed by atoms with van der Waals surface area (Å²) in [7, 11) is 1.87. The molecule has 0 aromatic carbocycles. The molecule has 0 amide bonds. The summed E-state index contributed by atoms with van der Waals surface area (Å²) in [5.74, 6) is 0.755. The first-order valence-corrected chi connectivity index (χ1v) is 6.18. The number of aryl methyl sites for hydroxylation is 1. The van der Waals surface area contributed by atoms with E-state index in [9.17, 15) is 4.79 Å². The van der Waals surface area contributed by atoms with Crippen LogP contribution < -0.4 is 0 Å². The molecule has 1 aromatic heterocycles. The Morgan fingerprint density at radius 3 is 2.75 bits per heavy atom. The number of ketones is 1. The largest absolute Gasteiger partial charge is 0.331 e. The third-order valence-corrected chi connectivity index (χ3v) is 3.12. The molecule has 90 valence electrons. The lowest BCUT2D eigenvalue weighted by molar-refractivity contribution is 0.0949. The van der Waals surface area contributed by atoms with Crippen molar-refractivity contribution in [2.24, 2.45) is 13.0 Å². The van der Waals surface area contributed by atoms with Crippen LogP contribution in [0.25, 0.3) is 0 Å². The maximum atomic E-state index is 12.0. The van der Waals surface area contributed by atoms with Crippen molar-refractivity contribution in [3.8, 4) is 0 Å². The van der Waals surface area contributed by atoms with Crippen LogP contribution >= 0.6 is 0 Å². The highest BCUT2D eigenvalue weighted by Gasteiger charge is 2.15. The number of carbonyl (C=O) groups excluding carboxylic acids is 1. The van der Waals surface area contributed by atoms with E-state index in [-0.39, 0.29) is 5.78 Å². The maximum Gasteiger partial charge on any atom is 0.181 e. The number of unbranched alkanes of at least 4 members (excludes halogenated alkanes) is 1. The van der Waals surface area contributed by atoms with Crippen molar-refractivity contribution in [1.82, 2.24) is 9.55 Å². The van der Waals surface area contributed by atoms with Crippen LogP contribution in [-0.4, -0.2) is 15.3 Å². The first-order chi connectivity index (χ1) is 7.69. The van der Waals surface area contributed by atoms with E-state index in [1.54, 1.807) is 17.1 Å². The van der Waals surface area contributed by atoms with Gasteiger partial charge in [0.15, 0.2) is 5.78 Å². The van der Waals surface area contributed by atoms with Gasteiger partial charge in [-0.3, -0.25) is 4.79 Å². The van der Waals surface area contributed by atoms with Gasteiger partial charge in [0, 0.05) is 13.5 Å². The van der Waals surface area contributed by atoms with Crippen molar-refractivity contribution < 1.29 is 4.79 Å². The zero-order chi connectivity index (χ0) is 12.0. The van der Waals surface area contributed by atoms with Gasteiger partial charge in [0.1, 0.15) is 5.69 Å². The summed E-state index contributed by atoms with van der Waals surface area (Å²) in [5, 5.41) is 0. The van der Waals surface area contributed by atoms with E-state index in [0.717, 1.165) is 18.5 Å². The summed E-state index contributed by atoms with van der Waals surface area (Å²) in [6, 6.07) is 0. The van der Waals surface area contributed by atoms with E-state index >= 15 is 0 Å². The predicted molar refractivity (Wildman–Crippen MR) is 65.5 cm³/mol. The standard InChI is InChI=1S/C13H22N2O/c1-4-6-7-11(5-2)8-13(16)12-9-14-10-15(12)3/h9-11H,4-8H2,1-3H3. The summed E-state index contributed by atoms with van der Waals surface area (Å²) in [6.45, 7) is 4.35. The highest BCUT2D eigenvalue weighted by atomic mass is 16.1. The first kappa shape index (κ1) is 12.9. The Hall–Kier alpha value is -1.12. The summed E-state index contributed by atoms with van der Waals surface area (Å²) in [5.41, 5.74) is 0.731. The maximum absolute atomic E-state index is 12.0. The molecule has 3 heteroatoms. The van der Waals surface area contributed by atoms with Gasteiger partial charge in [-0.2, -0.15) is 0 Å². The Bertz CT molecular complexity index is 330.